The summed E-state index contributed by atoms with van der Waals surface area (Å²) in [6, 6.07) is 2.12. The summed E-state index contributed by atoms with van der Waals surface area (Å²) < 4.78 is 4.92. The van der Waals surface area contributed by atoms with Gasteiger partial charge in [-0.25, -0.2) is 14.6 Å². The van der Waals surface area contributed by atoms with Crippen molar-refractivity contribution in [3.63, 3.8) is 0 Å². The predicted molar refractivity (Wildman–Crippen MR) is 67.9 cm³/mol. The van der Waals surface area contributed by atoms with E-state index in [9.17, 15) is 9.59 Å². The van der Waals surface area contributed by atoms with E-state index in [1.165, 1.54) is 21.1 Å². The van der Waals surface area contributed by atoms with Gasteiger partial charge in [-0.1, -0.05) is 6.07 Å². The summed E-state index contributed by atoms with van der Waals surface area (Å²) in [4.78, 5) is 27.6. The molecular formula is C12H17N3O4. The molecule has 104 valence electrons. The smallest absolute Gasteiger partial charge is 0.326 e. The van der Waals surface area contributed by atoms with Crippen LogP contribution in [0.2, 0.25) is 0 Å². The van der Waals surface area contributed by atoms with Crippen LogP contribution in [0.1, 0.15) is 12.5 Å². The van der Waals surface area contributed by atoms with E-state index in [0.29, 0.717) is 5.88 Å². The highest BCUT2D eigenvalue weighted by atomic mass is 16.5. The van der Waals surface area contributed by atoms with E-state index in [1.54, 1.807) is 18.3 Å². The molecule has 7 heteroatoms. The lowest BCUT2D eigenvalue weighted by molar-refractivity contribution is -0.141. The first-order chi connectivity index (χ1) is 8.95. The average Bonchev–Trinajstić information content (AvgIpc) is 2.43. The number of amides is 2. The van der Waals surface area contributed by atoms with Gasteiger partial charge in [-0.3, -0.25) is 0 Å². The number of aliphatic carboxylic acids is 1. The molecule has 0 spiro atoms. The SMILES string of the molecule is COc1ccc(CNC(=O)N(C)C(C)C(=O)O)cn1. The number of carboxylic acids is 1. The molecule has 0 aromatic carbocycles. The van der Waals surface area contributed by atoms with Gasteiger partial charge in [-0.05, 0) is 12.5 Å². The number of carboxylic acid groups (broad SMARTS) is 1. The van der Waals surface area contributed by atoms with Crippen LogP contribution in [0.25, 0.3) is 0 Å². The standard InChI is InChI=1S/C12H17N3O4/c1-8(11(16)17)15(2)12(18)14-7-9-4-5-10(19-3)13-6-9/h4-6,8H,7H2,1-3H3,(H,14,18)(H,16,17). The van der Waals surface area contributed by atoms with Crippen molar-refractivity contribution in [1.29, 1.82) is 0 Å². The molecule has 1 heterocycles. The topological polar surface area (TPSA) is 91.8 Å². The van der Waals surface area contributed by atoms with E-state index in [4.69, 9.17) is 9.84 Å². The molecule has 1 rings (SSSR count). The number of pyridine rings is 1. The highest BCUT2D eigenvalue weighted by Gasteiger charge is 2.21. The molecular weight excluding hydrogens is 250 g/mol. The molecule has 2 amide bonds. The third kappa shape index (κ3) is 4.13. The zero-order valence-corrected chi connectivity index (χ0v) is 11.1. The first-order valence-corrected chi connectivity index (χ1v) is 5.68. The Kier molecular flexibility index (Phi) is 5.11. The molecule has 0 fully saturated rings. The Labute approximate surface area is 111 Å². The van der Waals surface area contributed by atoms with E-state index < -0.39 is 18.0 Å². The van der Waals surface area contributed by atoms with Crippen LogP contribution in [0, 0.1) is 0 Å². The molecule has 0 bridgehead atoms. The van der Waals surface area contributed by atoms with Gasteiger partial charge in [0, 0.05) is 25.9 Å². The Morgan fingerprint density at radius 3 is 2.68 bits per heavy atom. The average molecular weight is 267 g/mol. The minimum atomic E-state index is -1.05. The van der Waals surface area contributed by atoms with Crippen LogP contribution in [0.15, 0.2) is 18.3 Å². The normalized spacial score (nSPS) is 11.5. The number of nitrogens with one attached hydrogen (secondary N) is 1. The van der Waals surface area contributed by atoms with Gasteiger partial charge in [-0.15, -0.1) is 0 Å². The number of hydrogen-bond acceptors (Lipinski definition) is 4. The van der Waals surface area contributed by atoms with E-state index in [-0.39, 0.29) is 6.54 Å². The second kappa shape index (κ2) is 6.58. The minimum Gasteiger partial charge on any atom is -0.481 e. The van der Waals surface area contributed by atoms with E-state index in [1.807, 2.05) is 0 Å². The van der Waals surface area contributed by atoms with Crippen LogP contribution in [0.3, 0.4) is 0 Å². The van der Waals surface area contributed by atoms with Gasteiger partial charge in [0.05, 0.1) is 7.11 Å². The van der Waals surface area contributed by atoms with Crippen LogP contribution in [-0.4, -0.2) is 47.2 Å². The number of ether oxygens (including phenoxy) is 1. The lowest BCUT2D eigenvalue weighted by Crippen LogP contribution is -2.45. The van der Waals surface area contributed by atoms with Crippen LogP contribution in [-0.2, 0) is 11.3 Å². The molecule has 19 heavy (non-hydrogen) atoms. The number of hydrogen-bond donors (Lipinski definition) is 2. The minimum absolute atomic E-state index is 0.270. The Morgan fingerprint density at radius 1 is 1.53 bits per heavy atom. The lowest BCUT2D eigenvalue weighted by Gasteiger charge is -2.21. The molecule has 1 aromatic rings. The van der Waals surface area contributed by atoms with Crippen molar-refractivity contribution in [2.24, 2.45) is 0 Å². The number of nitrogens with zero attached hydrogens (tertiary/aromatic N) is 2. The maximum Gasteiger partial charge on any atom is 0.326 e. The highest BCUT2D eigenvalue weighted by Crippen LogP contribution is 2.06. The van der Waals surface area contributed by atoms with E-state index in [2.05, 4.69) is 10.3 Å². The van der Waals surface area contributed by atoms with E-state index >= 15 is 0 Å². The molecule has 0 saturated carbocycles. The zero-order chi connectivity index (χ0) is 14.4. The van der Waals surface area contributed by atoms with Crippen molar-refractivity contribution < 1.29 is 19.4 Å². The third-order valence-electron chi connectivity index (χ3n) is 2.71. The number of likely N-dealkylation sites (N-methyl/N-ethyl adjacent to an activating group) is 1. The van der Waals surface area contributed by atoms with Gasteiger partial charge < -0.3 is 20.1 Å². The molecule has 7 nitrogen and oxygen atoms in total. The molecule has 2 N–H and O–H groups in total. The van der Waals surface area contributed by atoms with Crippen molar-refractivity contribution >= 4 is 12.0 Å². The highest BCUT2D eigenvalue weighted by molar-refractivity contribution is 5.82. The second-order valence-corrected chi connectivity index (χ2v) is 3.99. The van der Waals surface area contributed by atoms with Gasteiger partial charge in [-0.2, -0.15) is 0 Å². The van der Waals surface area contributed by atoms with Crippen molar-refractivity contribution in [2.75, 3.05) is 14.2 Å². The summed E-state index contributed by atoms with van der Waals surface area (Å²) in [5.74, 6) is -0.560. The fraction of sp³-hybridized carbons (Fsp3) is 0.417. The first-order valence-electron chi connectivity index (χ1n) is 5.68. The summed E-state index contributed by atoms with van der Waals surface area (Å²) in [5, 5.41) is 11.4. The van der Waals surface area contributed by atoms with Crippen molar-refractivity contribution in [1.82, 2.24) is 15.2 Å². The number of carbonyl (C=O) groups is 2. The van der Waals surface area contributed by atoms with Crippen molar-refractivity contribution in [2.45, 2.75) is 19.5 Å². The van der Waals surface area contributed by atoms with Crippen LogP contribution >= 0.6 is 0 Å². The molecule has 0 aliphatic rings. The Bertz CT molecular complexity index is 447. The fourth-order valence-corrected chi connectivity index (χ4v) is 1.28. The molecule has 0 aliphatic carbocycles. The molecule has 0 saturated heterocycles. The molecule has 0 radical (unpaired) electrons. The Hall–Kier alpha value is -2.31. The number of aromatic nitrogens is 1. The van der Waals surface area contributed by atoms with Gasteiger partial charge >= 0.3 is 12.0 Å². The largest absolute Gasteiger partial charge is 0.481 e. The summed E-state index contributed by atoms with van der Waals surface area (Å²) in [5.41, 5.74) is 0.797. The number of rotatable bonds is 5. The molecule has 1 unspecified atom stereocenters. The van der Waals surface area contributed by atoms with Crippen LogP contribution in [0.5, 0.6) is 5.88 Å². The van der Waals surface area contributed by atoms with Crippen LogP contribution in [0.4, 0.5) is 4.79 Å². The van der Waals surface area contributed by atoms with E-state index in [0.717, 1.165) is 10.5 Å². The van der Waals surface area contributed by atoms with Gasteiger partial charge in [0.2, 0.25) is 5.88 Å². The first kappa shape index (κ1) is 14.7. The van der Waals surface area contributed by atoms with Gasteiger partial charge in [0.1, 0.15) is 6.04 Å². The molecule has 0 aliphatic heterocycles. The maximum absolute atomic E-state index is 11.7. The quantitative estimate of drug-likeness (QED) is 0.819. The monoisotopic (exact) mass is 267 g/mol. The second-order valence-electron chi connectivity index (χ2n) is 3.99. The number of carbonyl (C=O) groups excluding carboxylic acids is 1. The third-order valence-corrected chi connectivity index (χ3v) is 2.71. The van der Waals surface area contributed by atoms with Crippen molar-refractivity contribution in [3.05, 3.63) is 23.9 Å². The van der Waals surface area contributed by atoms with Crippen molar-refractivity contribution in [3.8, 4) is 5.88 Å². The lowest BCUT2D eigenvalue weighted by atomic mass is 10.3. The Morgan fingerprint density at radius 2 is 2.21 bits per heavy atom. The summed E-state index contributed by atoms with van der Waals surface area (Å²) >= 11 is 0. The predicted octanol–water partition coefficient (Wildman–Crippen LogP) is 0.705. The summed E-state index contributed by atoms with van der Waals surface area (Å²) in [6.07, 6.45) is 1.58. The maximum atomic E-state index is 11.7. The molecule has 1 atom stereocenters. The molecule has 1 aromatic heterocycles. The van der Waals surface area contributed by atoms with Crippen LogP contribution < -0.4 is 10.1 Å². The van der Waals surface area contributed by atoms with Gasteiger partial charge in [0.15, 0.2) is 0 Å². The summed E-state index contributed by atoms with van der Waals surface area (Å²) in [6.45, 7) is 1.71. The number of urea groups is 1. The summed E-state index contributed by atoms with van der Waals surface area (Å²) in [7, 11) is 2.95. The fourth-order valence-electron chi connectivity index (χ4n) is 1.28. The zero-order valence-electron chi connectivity index (χ0n) is 11.1. The number of methoxy groups -OCH3 is 1. The van der Waals surface area contributed by atoms with Gasteiger partial charge in [0.25, 0.3) is 0 Å². The Balaban J connectivity index is 2.51.